The number of aliphatic imine (C=N–C) groups is 1. The summed E-state index contributed by atoms with van der Waals surface area (Å²) in [5.41, 5.74) is 1.71. The Hall–Kier alpha value is -3.41. The molecule has 2 aromatic carbocycles. The van der Waals surface area contributed by atoms with Crippen LogP contribution in [0.5, 0.6) is 17.4 Å². The molecule has 0 aliphatic carbocycles. The molecule has 1 aromatic heterocycles. The van der Waals surface area contributed by atoms with Crippen molar-refractivity contribution in [2.45, 2.75) is 0 Å². The third-order valence-electron chi connectivity index (χ3n) is 3.62. The number of nitrogens with zero attached hydrogens (tertiary/aromatic N) is 4. The zero-order valence-corrected chi connectivity index (χ0v) is 14.1. The first-order valence-electron chi connectivity index (χ1n) is 7.63. The molecule has 0 radical (unpaired) electrons. The molecule has 0 aliphatic heterocycles. The minimum Gasteiger partial charge on any atom is -0.497 e. The summed E-state index contributed by atoms with van der Waals surface area (Å²) in [5, 5.41) is 0.846. The topological polar surface area (TPSA) is 59.8 Å². The van der Waals surface area contributed by atoms with Gasteiger partial charge in [-0.2, -0.15) is 0 Å². The molecule has 126 valence electrons. The normalized spacial score (nSPS) is 10.8. The molecule has 25 heavy (non-hydrogen) atoms. The van der Waals surface area contributed by atoms with Crippen LogP contribution in [-0.2, 0) is 0 Å². The average molecular weight is 334 g/mol. The fourth-order valence-corrected chi connectivity index (χ4v) is 2.34. The van der Waals surface area contributed by atoms with Crippen molar-refractivity contribution in [2.75, 3.05) is 19.1 Å². The van der Waals surface area contributed by atoms with Crippen molar-refractivity contribution in [1.29, 1.82) is 0 Å². The number of fused-ring (bicyclic) bond motifs is 1. The number of para-hydroxylation sites is 1. The lowest BCUT2D eigenvalue weighted by atomic mass is 10.2. The highest BCUT2D eigenvalue weighted by atomic mass is 16.5. The summed E-state index contributed by atoms with van der Waals surface area (Å²) < 4.78 is 11.4. The molecule has 0 saturated carbocycles. The first-order chi connectivity index (χ1) is 12.2. The zero-order chi connectivity index (χ0) is 17.6. The predicted molar refractivity (Wildman–Crippen MR) is 99.7 cm³/mol. The molecule has 0 amide bonds. The molecule has 3 rings (SSSR count). The Labute approximate surface area is 146 Å². The molecule has 0 bridgehead atoms. The second kappa shape index (κ2) is 7.44. The number of ether oxygens (including phenoxy) is 2. The van der Waals surface area contributed by atoms with Crippen LogP contribution in [0.4, 0.5) is 5.69 Å². The maximum Gasteiger partial charge on any atom is 0.230 e. The van der Waals surface area contributed by atoms with Gasteiger partial charge in [0, 0.05) is 43.3 Å². The molecule has 0 unspecified atom stereocenters. The predicted octanol–water partition coefficient (Wildman–Crippen LogP) is 4.04. The Morgan fingerprint density at radius 2 is 1.92 bits per heavy atom. The summed E-state index contributed by atoms with van der Waals surface area (Å²) in [7, 11) is 3.52. The van der Waals surface area contributed by atoms with Crippen LogP contribution in [-0.4, -0.2) is 30.8 Å². The van der Waals surface area contributed by atoms with Crippen LogP contribution < -0.4 is 14.4 Å². The fourth-order valence-electron chi connectivity index (χ4n) is 2.34. The number of rotatable bonds is 6. The van der Waals surface area contributed by atoms with Gasteiger partial charge in [0.2, 0.25) is 5.88 Å². The van der Waals surface area contributed by atoms with E-state index in [9.17, 15) is 0 Å². The van der Waals surface area contributed by atoms with Crippen LogP contribution in [0.3, 0.4) is 0 Å². The lowest BCUT2D eigenvalue weighted by molar-refractivity contribution is 0.408. The molecule has 6 nitrogen and oxygen atoms in total. The summed E-state index contributed by atoms with van der Waals surface area (Å²) >= 11 is 0. The summed E-state index contributed by atoms with van der Waals surface area (Å²) in [4.78, 5) is 14.1. The van der Waals surface area contributed by atoms with E-state index in [4.69, 9.17) is 9.47 Å². The van der Waals surface area contributed by atoms with Crippen molar-refractivity contribution < 1.29 is 9.47 Å². The van der Waals surface area contributed by atoms with Crippen molar-refractivity contribution in [1.82, 2.24) is 9.97 Å². The maximum atomic E-state index is 6.01. The van der Waals surface area contributed by atoms with Crippen LogP contribution >= 0.6 is 0 Å². The highest BCUT2D eigenvalue weighted by Gasteiger charge is 2.09. The van der Waals surface area contributed by atoms with E-state index >= 15 is 0 Å². The molecule has 6 heteroatoms. The number of hydrogen-bond donors (Lipinski definition) is 0. The molecular weight excluding hydrogens is 316 g/mol. The lowest BCUT2D eigenvalue weighted by Crippen LogP contribution is -2.08. The molecule has 0 aliphatic rings. The van der Waals surface area contributed by atoms with Crippen LogP contribution in [0, 0.1) is 0 Å². The molecule has 3 aromatic rings. The van der Waals surface area contributed by atoms with E-state index in [1.54, 1.807) is 19.5 Å². The van der Waals surface area contributed by atoms with Gasteiger partial charge in [-0.25, -0.2) is 9.97 Å². The Morgan fingerprint density at radius 3 is 2.72 bits per heavy atom. The van der Waals surface area contributed by atoms with Gasteiger partial charge < -0.3 is 14.4 Å². The smallest absolute Gasteiger partial charge is 0.230 e. The molecule has 1 heterocycles. The number of anilines is 1. The van der Waals surface area contributed by atoms with E-state index in [0.717, 1.165) is 16.6 Å². The quantitative estimate of drug-likeness (QED) is 0.637. The number of aromatic nitrogens is 2. The van der Waals surface area contributed by atoms with E-state index in [1.807, 2.05) is 54.4 Å². The van der Waals surface area contributed by atoms with Gasteiger partial charge in [-0.15, -0.1) is 0 Å². The van der Waals surface area contributed by atoms with Crippen LogP contribution in [0.15, 0.2) is 66.2 Å². The van der Waals surface area contributed by atoms with Gasteiger partial charge in [0.05, 0.1) is 18.0 Å². The van der Waals surface area contributed by atoms with E-state index < -0.39 is 0 Å². The van der Waals surface area contributed by atoms with Crippen LogP contribution in [0.25, 0.3) is 10.9 Å². The van der Waals surface area contributed by atoms with Crippen molar-refractivity contribution >= 4 is 23.3 Å². The first kappa shape index (κ1) is 16.4. The Kier molecular flexibility index (Phi) is 4.89. The monoisotopic (exact) mass is 334 g/mol. The first-order valence-corrected chi connectivity index (χ1v) is 7.63. The number of benzene rings is 2. The van der Waals surface area contributed by atoms with Crippen LogP contribution in [0.1, 0.15) is 0 Å². The SMILES string of the molecule is C=N/C=C\N(C)c1cc(OC)cc(Oc2ncnc3ccccc23)c1. The van der Waals surface area contributed by atoms with E-state index in [-0.39, 0.29) is 0 Å². The lowest BCUT2D eigenvalue weighted by Gasteiger charge is -2.17. The van der Waals surface area contributed by atoms with E-state index in [2.05, 4.69) is 21.7 Å². The van der Waals surface area contributed by atoms with E-state index in [1.165, 1.54) is 6.33 Å². The average Bonchev–Trinajstić information content (AvgIpc) is 2.66. The molecule has 0 fully saturated rings. The molecule has 0 spiro atoms. The highest BCUT2D eigenvalue weighted by molar-refractivity contribution is 5.83. The van der Waals surface area contributed by atoms with Gasteiger partial charge in [0.1, 0.15) is 17.8 Å². The van der Waals surface area contributed by atoms with Gasteiger partial charge >= 0.3 is 0 Å². The van der Waals surface area contributed by atoms with Gasteiger partial charge in [0.15, 0.2) is 0 Å². The van der Waals surface area contributed by atoms with Crippen molar-refractivity contribution in [2.24, 2.45) is 4.99 Å². The minimum atomic E-state index is 0.496. The molecule has 0 N–H and O–H groups in total. The summed E-state index contributed by atoms with van der Waals surface area (Å²) in [5.74, 6) is 1.79. The van der Waals surface area contributed by atoms with Gasteiger partial charge in [-0.05, 0) is 18.9 Å². The Balaban J connectivity index is 1.98. The van der Waals surface area contributed by atoms with E-state index in [0.29, 0.717) is 17.4 Å². The second-order valence-electron chi connectivity index (χ2n) is 5.26. The number of hydrogen-bond acceptors (Lipinski definition) is 6. The molecular formula is C19H18N4O2. The van der Waals surface area contributed by atoms with Crippen molar-refractivity contribution in [3.63, 3.8) is 0 Å². The van der Waals surface area contributed by atoms with Crippen LogP contribution in [0.2, 0.25) is 0 Å². The third kappa shape index (κ3) is 3.74. The molecule has 0 saturated heterocycles. The molecule has 0 atom stereocenters. The summed E-state index contributed by atoms with van der Waals surface area (Å²) in [6, 6.07) is 13.3. The maximum absolute atomic E-state index is 6.01. The third-order valence-corrected chi connectivity index (χ3v) is 3.62. The largest absolute Gasteiger partial charge is 0.497 e. The number of methoxy groups -OCH3 is 1. The Bertz CT molecular complexity index is 919. The van der Waals surface area contributed by atoms with Crippen molar-refractivity contribution in [3.8, 4) is 17.4 Å². The minimum absolute atomic E-state index is 0.496. The fraction of sp³-hybridized carbons (Fsp3) is 0.105. The summed E-state index contributed by atoms with van der Waals surface area (Å²) in [6.07, 6.45) is 4.90. The van der Waals surface area contributed by atoms with Crippen molar-refractivity contribution in [3.05, 3.63) is 61.2 Å². The second-order valence-corrected chi connectivity index (χ2v) is 5.26. The Morgan fingerprint density at radius 1 is 1.12 bits per heavy atom. The van der Waals surface area contributed by atoms with Gasteiger partial charge in [-0.1, -0.05) is 12.1 Å². The standard InChI is InChI=1S/C19H18N4O2/c1-20-8-9-23(2)14-10-15(24-3)12-16(11-14)25-19-17-6-4-5-7-18(17)21-13-22-19/h4-13H,1H2,2-3H3/b9-8-. The van der Waals surface area contributed by atoms with Gasteiger partial charge in [-0.3, -0.25) is 4.99 Å². The van der Waals surface area contributed by atoms with Gasteiger partial charge in [0.25, 0.3) is 0 Å². The highest BCUT2D eigenvalue weighted by Crippen LogP contribution is 2.32. The summed E-state index contributed by atoms with van der Waals surface area (Å²) in [6.45, 7) is 3.44. The zero-order valence-electron chi connectivity index (χ0n) is 14.1.